The molecule has 0 radical (unpaired) electrons. The van der Waals surface area contributed by atoms with Gasteiger partial charge < -0.3 is 0 Å². The van der Waals surface area contributed by atoms with Gasteiger partial charge in [-0.05, 0) is 44.0 Å². The molecular weight excluding hydrogens is 313 g/mol. The second-order valence-corrected chi connectivity index (χ2v) is 6.77. The van der Waals surface area contributed by atoms with Gasteiger partial charge in [0.05, 0.1) is 0 Å². The van der Waals surface area contributed by atoms with E-state index in [2.05, 4.69) is 10.2 Å². The molecule has 0 unspecified atom stereocenters. The average Bonchev–Trinajstić information content (AvgIpc) is 3.06. The smallest absolute Gasteiger partial charge is 0.231 e. The third-order valence-corrected chi connectivity index (χ3v) is 5.27. The first-order valence-corrected chi connectivity index (χ1v) is 8.91. The van der Waals surface area contributed by atoms with E-state index < -0.39 is 0 Å². The van der Waals surface area contributed by atoms with E-state index >= 15 is 0 Å². The molecular formula is C17H20FN3OS. The summed E-state index contributed by atoms with van der Waals surface area (Å²) in [5.41, 5.74) is 0.816. The number of hydrogen-bond donors (Lipinski definition) is 0. The molecule has 0 spiro atoms. The summed E-state index contributed by atoms with van der Waals surface area (Å²) in [6.07, 6.45) is 5.43. The van der Waals surface area contributed by atoms with E-state index in [0.29, 0.717) is 16.7 Å². The number of halogens is 1. The van der Waals surface area contributed by atoms with E-state index in [9.17, 15) is 9.18 Å². The van der Waals surface area contributed by atoms with Crippen molar-refractivity contribution in [2.75, 3.05) is 11.4 Å². The summed E-state index contributed by atoms with van der Waals surface area (Å²) in [4.78, 5) is 14.5. The minimum atomic E-state index is -0.277. The third kappa shape index (κ3) is 3.58. The Morgan fingerprint density at radius 1 is 1.22 bits per heavy atom. The summed E-state index contributed by atoms with van der Waals surface area (Å²) in [5.74, 6) is -0.00275. The van der Waals surface area contributed by atoms with E-state index in [1.54, 1.807) is 17.0 Å². The average molecular weight is 333 g/mol. The minimum absolute atomic E-state index is 0.113. The lowest BCUT2D eigenvalue weighted by atomic mass is 9.88. The molecule has 0 atom stereocenters. The molecule has 1 aromatic carbocycles. The van der Waals surface area contributed by atoms with Crippen LogP contribution in [0.2, 0.25) is 0 Å². The fraction of sp³-hybridized carbons (Fsp3) is 0.471. The maximum atomic E-state index is 13.0. The molecule has 2 aromatic rings. The molecule has 122 valence electrons. The van der Waals surface area contributed by atoms with Crippen LogP contribution in [0.5, 0.6) is 0 Å². The largest absolute Gasteiger partial charge is 0.287 e. The molecule has 0 aliphatic heterocycles. The number of carbonyl (C=O) groups is 1. The highest BCUT2D eigenvalue weighted by Gasteiger charge is 2.28. The van der Waals surface area contributed by atoms with E-state index in [1.165, 1.54) is 29.9 Å². The Morgan fingerprint density at radius 3 is 2.57 bits per heavy atom. The monoisotopic (exact) mass is 333 g/mol. The summed E-state index contributed by atoms with van der Waals surface area (Å²) in [6, 6.07) is 6.17. The summed E-state index contributed by atoms with van der Waals surface area (Å²) in [6.45, 7) is 2.55. The van der Waals surface area contributed by atoms with Crippen molar-refractivity contribution >= 4 is 22.4 Å². The quantitative estimate of drug-likeness (QED) is 0.839. The molecule has 6 heteroatoms. The lowest BCUT2D eigenvalue weighted by Gasteiger charge is -2.26. The van der Waals surface area contributed by atoms with E-state index in [4.69, 9.17) is 0 Å². The van der Waals surface area contributed by atoms with Gasteiger partial charge in [-0.2, -0.15) is 0 Å². The van der Waals surface area contributed by atoms with E-state index in [-0.39, 0.29) is 17.6 Å². The molecule has 1 aliphatic rings. The summed E-state index contributed by atoms with van der Waals surface area (Å²) in [5, 5.41) is 9.68. The molecule has 1 aliphatic carbocycles. The number of nitrogens with zero attached hydrogens (tertiary/aromatic N) is 3. The van der Waals surface area contributed by atoms with Crippen LogP contribution in [0.4, 0.5) is 9.52 Å². The SMILES string of the molecule is CCN(C(=O)C1CCCCC1)c1nnc(-c2ccc(F)cc2)s1. The zero-order valence-electron chi connectivity index (χ0n) is 13.2. The molecule has 1 amide bonds. The predicted octanol–water partition coefficient (Wildman–Crippen LogP) is 4.28. The highest BCUT2D eigenvalue weighted by Crippen LogP contribution is 2.32. The van der Waals surface area contributed by atoms with Crippen molar-refractivity contribution in [3.8, 4) is 10.6 Å². The first-order valence-electron chi connectivity index (χ1n) is 8.10. The molecule has 0 saturated heterocycles. The number of hydrogen-bond acceptors (Lipinski definition) is 4. The summed E-state index contributed by atoms with van der Waals surface area (Å²) in [7, 11) is 0. The van der Waals surface area contributed by atoms with Crippen LogP contribution in [0, 0.1) is 11.7 Å². The van der Waals surface area contributed by atoms with Gasteiger partial charge in [0, 0.05) is 18.0 Å². The number of rotatable bonds is 4. The van der Waals surface area contributed by atoms with Crippen LogP contribution >= 0.6 is 11.3 Å². The second kappa shape index (κ2) is 7.17. The van der Waals surface area contributed by atoms with Crippen LogP contribution in [-0.2, 0) is 4.79 Å². The summed E-state index contributed by atoms with van der Waals surface area (Å²) < 4.78 is 13.0. The van der Waals surface area contributed by atoms with Crippen LogP contribution in [0.3, 0.4) is 0 Å². The van der Waals surface area contributed by atoms with Gasteiger partial charge in [-0.1, -0.05) is 30.6 Å². The summed E-state index contributed by atoms with van der Waals surface area (Å²) >= 11 is 1.38. The number of aromatic nitrogens is 2. The Kier molecular flexibility index (Phi) is 5.00. The van der Waals surface area contributed by atoms with Gasteiger partial charge in [-0.25, -0.2) is 4.39 Å². The molecule has 1 saturated carbocycles. The molecule has 0 bridgehead atoms. The molecule has 4 nitrogen and oxygen atoms in total. The maximum Gasteiger partial charge on any atom is 0.231 e. The molecule has 0 N–H and O–H groups in total. The van der Waals surface area contributed by atoms with Crippen molar-refractivity contribution in [2.24, 2.45) is 5.92 Å². The van der Waals surface area contributed by atoms with Crippen LogP contribution < -0.4 is 4.90 Å². The zero-order chi connectivity index (χ0) is 16.2. The minimum Gasteiger partial charge on any atom is -0.287 e. The lowest BCUT2D eigenvalue weighted by Crippen LogP contribution is -2.36. The van der Waals surface area contributed by atoms with Crippen LogP contribution in [0.15, 0.2) is 24.3 Å². The fourth-order valence-corrected chi connectivity index (χ4v) is 3.91. The van der Waals surface area contributed by atoms with Crippen LogP contribution in [0.1, 0.15) is 39.0 Å². The number of anilines is 1. The predicted molar refractivity (Wildman–Crippen MR) is 89.9 cm³/mol. The molecule has 3 rings (SSSR count). The first kappa shape index (κ1) is 16.1. The highest BCUT2D eigenvalue weighted by molar-refractivity contribution is 7.18. The standard InChI is InChI=1S/C17H20FN3OS/c1-2-21(16(22)13-6-4-3-5-7-13)17-20-19-15(23-17)12-8-10-14(18)11-9-12/h8-11,13H,2-7H2,1H3. The molecule has 1 fully saturated rings. The number of amides is 1. The second-order valence-electron chi connectivity index (χ2n) is 5.81. The van der Waals surface area contributed by atoms with Gasteiger partial charge in [-0.15, -0.1) is 10.2 Å². The number of carbonyl (C=O) groups excluding carboxylic acids is 1. The van der Waals surface area contributed by atoms with E-state index in [0.717, 1.165) is 31.2 Å². The highest BCUT2D eigenvalue weighted by atomic mass is 32.1. The molecule has 23 heavy (non-hydrogen) atoms. The van der Waals surface area contributed by atoms with Crippen molar-refractivity contribution in [1.29, 1.82) is 0 Å². The van der Waals surface area contributed by atoms with Gasteiger partial charge in [0.25, 0.3) is 0 Å². The Bertz CT molecular complexity index is 665. The van der Waals surface area contributed by atoms with Crippen LogP contribution in [-0.4, -0.2) is 22.6 Å². The first-order chi connectivity index (χ1) is 11.2. The van der Waals surface area contributed by atoms with Crippen molar-refractivity contribution in [1.82, 2.24) is 10.2 Å². The van der Waals surface area contributed by atoms with Gasteiger partial charge in [-0.3, -0.25) is 9.69 Å². The Labute approximate surface area is 139 Å². The van der Waals surface area contributed by atoms with Crippen molar-refractivity contribution in [3.63, 3.8) is 0 Å². The Hall–Kier alpha value is -1.82. The third-order valence-electron chi connectivity index (χ3n) is 4.27. The Balaban J connectivity index is 1.79. The Morgan fingerprint density at radius 2 is 1.91 bits per heavy atom. The zero-order valence-corrected chi connectivity index (χ0v) is 14.0. The normalized spacial score (nSPS) is 15.6. The van der Waals surface area contributed by atoms with Gasteiger partial charge >= 0.3 is 0 Å². The fourth-order valence-electron chi connectivity index (χ4n) is 2.99. The van der Waals surface area contributed by atoms with Gasteiger partial charge in [0.1, 0.15) is 10.8 Å². The van der Waals surface area contributed by atoms with Crippen molar-refractivity contribution in [2.45, 2.75) is 39.0 Å². The lowest BCUT2D eigenvalue weighted by molar-refractivity contribution is -0.123. The number of benzene rings is 1. The van der Waals surface area contributed by atoms with Crippen molar-refractivity contribution < 1.29 is 9.18 Å². The van der Waals surface area contributed by atoms with Crippen molar-refractivity contribution in [3.05, 3.63) is 30.1 Å². The van der Waals surface area contributed by atoms with Crippen LogP contribution in [0.25, 0.3) is 10.6 Å². The molecule has 1 aromatic heterocycles. The van der Waals surface area contributed by atoms with E-state index in [1.807, 2.05) is 6.92 Å². The topological polar surface area (TPSA) is 46.1 Å². The van der Waals surface area contributed by atoms with Gasteiger partial charge in [0.15, 0.2) is 0 Å². The molecule has 1 heterocycles. The maximum absolute atomic E-state index is 13.0. The van der Waals surface area contributed by atoms with Gasteiger partial charge in [0.2, 0.25) is 11.0 Å².